The number of aromatic amines is 1. The fourth-order valence-corrected chi connectivity index (χ4v) is 2.49. The number of hydrogen-bond donors (Lipinski definition) is 1. The quantitative estimate of drug-likeness (QED) is 0.747. The number of nitrogens with zero attached hydrogens (tertiary/aromatic N) is 3. The van der Waals surface area contributed by atoms with Gasteiger partial charge in [-0.05, 0) is 17.7 Å². The lowest BCUT2D eigenvalue weighted by molar-refractivity contribution is -0.116. The number of nitrogens with one attached hydrogen (secondary N) is 1. The standard InChI is InChI=1S/C12H14N4O/c1-7(17)16-6-12(2,3)8-4-9-10(5-11(8)16)14-15-13-9/h4-5H,6H2,1-3H3,(H,13,14,15). The zero-order chi connectivity index (χ0) is 12.2. The van der Waals surface area contributed by atoms with Crippen LogP contribution in [-0.2, 0) is 10.2 Å². The fourth-order valence-electron chi connectivity index (χ4n) is 2.49. The number of rotatable bonds is 0. The predicted octanol–water partition coefficient (Wildman–Crippen LogP) is 1.60. The molecule has 0 unspecified atom stereocenters. The molecule has 0 fully saturated rings. The maximum atomic E-state index is 11.7. The van der Waals surface area contributed by atoms with Crippen molar-refractivity contribution >= 4 is 22.6 Å². The summed E-state index contributed by atoms with van der Waals surface area (Å²) in [5, 5.41) is 10.6. The summed E-state index contributed by atoms with van der Waals surface area (Å²) >= 11 is 0. The molecule has 3 rings (SSSR count). The van der Waals surface area contributed by atoms with Crippen molar-refractivity contribution in [3.05, 3.63) is 17.7 Å². The molecular weight excluding hydrogens is 216 g/mol. The van der Waals surface area contributed by atoms with E-state index in [1.807, 2.05) is 17.0 Å². The average Bonchev–Trinajstić information content (AvgIpc) is 2.79. The Bertz CT molecular complexity index is 614. The molecule has 2 heterocycles. The Hall–Kier alpha value is -1.91. The summed E-state index contributed by atoms with van der Waals surface area (Å²) in [6.45, 7) is 6.60. The lowest BCUT2D eigenvalue weighted by Gasteiger charge is -2.19. The van der Waals surface area contributed by atoms with Gasteiger partial charge in [0.1, 0.15) is 5.52 Å². The molecule has 2 aromatic rings. The van der Waals surface area contributed by atoms with E-state index >= 15 is 0 Å². The molecule has 0 atom stereocenters. The minimum Gasteiger partial charge on any atom is -0.311 e. The fraction of sp³-hybridized carbons (Fsp3) is 0.417. The van der Waals surface area contributed by atoms with Gasteiger partial charge in [0.05, 0.1) is 5.52 Å². The molecular formula is C12H14N4O. The Morgan fingerprint density at radius 3 is 2.94 bits per heavy atom. The van der Waals surface area contributed by atoms with Crippen LogP contribution in [0.25, 0.3) is 11.0 Å². The van der Waals surface area contributed by atoms with E-state index in [-0.39, 0.29) is 11.3 Å². The molecule has 1 aromatic carbocycles. The molecule has 0 bridgehead atoms. The van der Waals surface area contributed by atoms with Crippen LogP contribution in [-0.4, -0.2) is 27.9 Å². The summed E-state index contributed by atoms with van der Waals surface area (Å²) < 4.78 is 0. The van der Waals surface area contributed by atoms with Gasteiger partial charge in [0, 0.05) is 24.6 Å². The second-order valence-corrected chi connectivity index (χ2v) is 5.19. The molecule has 1 aromatic heterocycles. The summed E-state index contributed by atoms with van der Waals surface area (Å²) in [6.07, 6.45) is 0. The summed E-state index contributed by atoms with van der Waals surface area (Å²) in [5.74, 6) is 0.0691. The highest BCUT2D eigenvalue weighted by Crippen LogP contribution is 2.41. The van der Waals surface area contributed by atoms with Crippen molar-refractivity contribution in [2.75, 3.05) is 11.4 Å². The Morgan fingerprint density at radius 2 is 2.24 bits per heavy atom. The molecule has 1 amide bonds. The van der Waals surface area contributed by atoms with Gasteiger partial charge in [-0.25, -0.2) is 0 Å². The van der Waals surface area contributed by atoms with Crippen LogP contribution in [0.5, 0.6) is 0 Å². The van der Waals surface area contributed by atoms with E-state index in [2.05, 4.69) is 29.3 Å². The number of anilines is 1. The number of carbonyl (C=O) groups is 1. The lowest BCUT2D eigenvalue weighted by atomic mass is 9.87. The van der Waals surface area contributed by atoms with Gasteiger partial charge in [-0.1, -0.05) is 19.1 Å². The van der Waals surface area contributed by atoms with E-state index in [0.29, 0.717) is 0 Å². The van der Waals surface area contributed by atoms with Crippen molar-refractivity contribution in [1.29, 1.82) is 0 Å². The van der Waals surface area contributed by atoms with Crippen molar-refractivity contribution in [3.8, 4) is 0 Å². The zero-order valence-corrected chi connectivity index (χ0v) is 10.1. The number of carbonyl (C=O) groups excluding carboxylic acids is 1. The summed E-state index contributed by atoms with van der Waals surface area (Å²) in [4.78, 5) is 13.5. The molecule has 0 spiro atoms. The van der Waals surface area contributed by atoms with Gasteiger partial charge < -0.3 is 4.90 Å². The van der Waals surface area contributed by atoms with Crippen LogP contribution in [0.15, 0.2) is 12.1 Å². The maximum absolute atomic E-state index is 11.7. The molecule has 0 radical (unpaired) electrons. The van der Waals surface area contributed by atoms with E-state index in [1.165, 1.54) is 5.56 Å². The second-order valence-electron chi connectivity index (χ2n) is 5.19. The van der Waals surface area contributed by atoms with Gasteiger partial charge in [-0.2, -0.15) is 0 Å². The van der Waals surface area contributed by atoms with E-state index in [9.17, 15) is 4.79 Å². The van der Waals surface area contributed by atoms with Gasteiger partial charge in [-0.15, -0.1) is 5.10 Å². The summed E-state index contributed by atoms with van der Waals surface area (Å²) in [5.41, 5.74) is 3.82. The van der Waals surface area contributed by atoms with Crippen molar-refractivity contribution < 1.29 is 4.79 Å². The second kappa shape index (κ2) is 3.06. The van der Waals surface area contributed by atoms with E-state index in [0.717, 1.165) is 23.3 Å². The Balaban J connectivity index is 2.29. The van der Waals surface area contributed by atoms with Crippen LogP contribution in [0.4, 0.5) is 5.69 Å². The van der Waals surface area contributed by atoms with Crippen LogP contribution < -0.4 is 4.90 Å². The number of H-pyrrole nitrogens is 1. The number of aromatic nitrogens is 3. The van der Waals surface area contributed by atoms with Gasteiger partial charge >= 0.3 is 0 Å². The number of fused-ring (bicyclic) bond motifs is 2. The average molecular weight is 230 g/mol. The molecule has 5 nitrogen and oxygen atoms in total. The highest BCUT2D eigenvalue weighted by Gasteiger charge is 2.37. The molecule has 1 aliphatic rings. The SMILES string of the molecule is CC(=O)N1CC(C)(C)c2cc3[nH]nnc3cc21. The van der Waals surface area contributed by atoms with E-state index in [4.69, 9.17) is 0 Å². The first-order valence-corrected chi connectivity index (χ1v) is 5.62. The number of hydrogen-bond acceptors (Lipinski definition) is 3. The van der Waals surface area contributed by atoms with Gasteiger partial charge in [-0.3, -0.25) is 9.89 Å². The molecule has 5 heteroatoms. The normalized spacial score (nSPS) is 17.5. The summed E-state index contributed by atoms with van der Waals surface area (Å²) in [7, 11) is 0. The highest BCUT2D eigenvalue weighted by molar-refractivity contribution is 5.97. The van der Waals surface area contributed by atoms with Gasteiger partial charge in [0.2, 0.25) is 5.91 Å². The Morgan fingerprint density at radius 1 is 1.47 bits per heavy atom. The molecule has 1 aliphatic heterocycles. The first-order chi connectivity index (χ1) is 7.99. The van der Waals surface area contributed by atoms with E-state index < -0.39 is 0 Å². The van der Waals surface area contributed by atoms with Crippen LogP contribution in [0, 0.1) is 0 Å². The van der Waals surface area contributed by atoms with Crippen LogP contribution in [0.2, 0.25) is 0 Å². The predicted molar refractivity (Wildman–Crippen MR) is 64.9 cm³/mol. The molecule has 17 heavy (non-hydrogen) atoms. The maximum Gasteiger partial charge on any atom is 0.223 e. The first kappa shape index (κ1) is 10.3. The Labute approximate surface area is 98.8 Å². The lowest BCUT2D eigenvalue weighted by Crippen LogP contribution is -2.31. The van der Waals surface area contributed by atoms with Crippen molar-refractivity contribution in [1.82, 2.24) is 15.4 Å². The number of benzene rings is 1. The van der Waals surface area contributed by atoms with Crippen LogP contribution in [0.3, 0.4) is 0 Å². The van der Waals surface area contributed by atoms with Crippen LogP contribution >= 0.6 is 0 Å². The smallest absolute Gasteiger partial charge is 0.223 e. The molecule has 88 valence electrons. The minimum atomic E-state index is -0.0275. The molecule has 0 saturated heterocycles. The highest BCUT2D eigenvalue weighted by atomic mass is 16.2. The monoisotopic (exact) mass is 230 g/mol. The van der Waals surface area contributed by atoms with Gasteiger partial charge in [0.25, 0.3) is 0 Å². The zero-order valence-electron chi connectivity index (χ0n) is 10.1. The van der Waals surface area contributed by atoms with E-state index in [1.54, 1.807) is 6.92 Å². The van der Waals surface area contributed by atoms with Crippen molar-refractivity contribution in [3.63, 3.8) is 0 Å². The summed E-state index contributed by atoms with van der Waals surface area (Å²) in [6, 6.07) is 3.98. The van der Waals surface area contributed by atoms with Crippen LogP contribution in [0.1, 0.15) is 26.3 Å². The minimum absolute atomic E-state index is 0.0275. The third-order valence-electron chi connectivity index (χ3n) is 3.40. The third-order valence-corrected chi connectivity index (χ3v) is 3.40. The number of amides is 1. The first-order valence-electron chi connectivity index (χ1n) is 5.62. The van der Waals surface area contributed by atoms with Crippen molar-refractivity contribution in [2.24, 2.45) is 0 Å². The van der Waals surface area contributed by atoms with Gasteiger partial charge in [0.15, 0.2) is 0 Å². The topological polar surface area (TPSA) is 61.9 Å². The molecule has 0 aliphatic carbocycles. The Kier molecular flexibility index (Phi) is 1.85. The molecule has 0 saturated carbocycles. The molecule has 1 N–H and O–H groups in total. The third kappa shape index (κ3) is 1.35. The largest absolute Gasteiger partial charge is 0.311 e. The van der Waals surface area contributed by atoms with Crippen molar-refractivity contribution in [2.45, 2.75) is 26.2 Å².